The molecule has 0 aliphatic heterocycles. The number of primary amides is 1. The van der Waals surface area contributed by atoms with Gasteiger partial charge in [-0.1, -0.05) is 0 Å². The minimum absolute atomic E-state index is 0.125. The lowest BCUT2D eigenvalue weighted by atomic mass is 10.1. The van der Waals surface area contributed by atoms with E-state index in [4.69, 9.17) is 15.6 Å². The lowest BCUT2D eigenvalue weighted by Gasteiger charge is -2.14. The quantitative estimate of drug-likeness (QED) is 0.552. The molecule has 2 amide bonds. The number of hydrogen-bond acceptors (Lipinski definition) is 5. The number of phenolic OH excluding ortho intramolecular Hbond substituents is 1. The SMILES string of the molecule is COc1ccc(O)c(C(=O)NC(CCC(N)=O)C(=O)O)c1. The average molecular weight is 296 g/mol. The second-order valence-corrected chi connectivity index (χ2v) is 4.25. The van der Waals surface area contributed by atoms with Gasteiger partial charge in [-0.05, 0) is 24.6 Å². The maximum absolute atomic E-state index is 12.0. The highest BCUT2D eigenvalue weighted by molar-refractivity contribution is 5.99. The van der Waals surface area contributed by atoms with E-state index in [1.54, 1.807) is 0 Å². The fraction of sp³-hybridized carbons (Fsp3) is 0.308. The van der Waals surface area contributed by atoms with Crippen LogP contribution in [0.4, 0.5) is 0 Å². The van der Waals surface area contributed by atoms with E-state index in [-0.39, 0.29) is 24.2 Å². The van der Waals surface area contributed by atoms with Crippen molar-refractivity contribution in [3.63, 3.8) is 0 Å². The number of carboxylic acids is 1. The van der Waals surface area contributed by atoms with Gasteiger partial charge in [0.1, 0.15) is 17.5 Å². The Labute approximate surface area is 120 Å². The van der Waals surface area contributed by atoms with Crippen molar-refractivity contribution in [3.05, 3.63) is 23.8 Å². The Hall–Kier alpha value is -2.77. The molecule has 5 N–H and O–H groups in total. The first kappa shape index (κ1) is 16.3. The number of hydrogen-bond donors (Lipinski definition) is 4. The lowest BCUT2D eigenvalue weighted by molar-refractivity contribution is -0.139. The number of benzene rings is 1. The van der Waals surface area contributed by atoms with Crippen molar-refractivity contribution in [2.45, 2.75) is 18.9 Å². The fourth-order valence-electron chi connectivity index (χ4n) is 1.60. The van der Waals surface area contributed by atoms with E-state index in [0.29, 0.717) is 5.75 Å². The maximum Gasteiger partial charge on any atom is 0.326 e. The molecule has 0 saturated heterocycles. The summed E-state index contributed by atoms with van der Waals surface area (Å²) in [6.45, 7) is 0. The van der Waals surface area contributed by atoms with E-state index in [0.717, 1.165) is 0 Å². The Morgan fingerprint density at radius 3 is 2.57 bits per heavy atom. The summed E-state index contributed by atoms with van der Waals surface area (Å²) >= 11 is 0. The second kappa shape index (κ2) is 7.13. The van der Waals surface area contributed by atoms with E-state index in [1.807, 2.05) is 0 Å². The second-order valence-electron chi connectivity index (χ2n) is 4.25. The summed E-state index contributed by atoms with van der Waals surface area (Å²) in [5, 5.41) is 20.8. The molecule has 21 heavy (non-hydrogen) atoms. The average Bonchev–Trinajstić information content (AvgIpc) is 2.43. The van der Waals surface area contributed by atoms with E-state index in [9.17, 15) is 19.5 Å². The highest BCUT2D eigenvalue weighted by atomic mass is 16.5. The molecule has 114 valence electrons. The van der Waals surface area contributed by atoms with Crippen LogP contribution >= 0.6 is 0 Å². The third-order valence-electron chi connectivity index (χ3n) is 2.73. The molecule has 1 rings (SSSR count). The van der Waals surface area contributed by atoms with Gasteiger partial charge in [-0.15, -0.1) is 0 Å². The summed E-state index contributed by atoms with van der Waals surface area (Å²) < 4.78 is 4.92. The molecule has 0 fully saturated rings. The summed E-state index contributed by atoms with van der Waals surface area (Å²) in [4.78, 5) is 33.7. The largest absolute Gasteiger partial charge is 0.507 e. The molecule has 8 heteroatoms. The molecule has 0 spiro atoms. The van der Waals surface area contributed by atoms with Gasteiger partial charge in [0.2, 0.25) is 5.91 Å². The summed E-state index contributed by atoms with van der Waals surface area (Å²) in [5.41, 5.74) is 4.82. The lowest BCUT2D eigenvalue weighted by Crippen LogP contribution is -2.41. The Balaban J connectivity index is 2.86. The third-order valence-corrected chi connectivity index (χ3v) is 2.73. The summed E-state index contributed by atoms with van der Waals surface area (Å²) in [7, 11) is 1.39. The number of amides is 2. The number of aliphatic carboxylic acids is 1. The van der Waals surface area contributed by atoms with Crippen molar-refractivity contribution in [1.82, 2.24) is 5.32 Å². The number of carbonyl (C=O) groups is 3. The molecule has 1 aromatic carbocycles. The van der Waals surface area contributed by atoms with Crippen LogP contribution in [-0.2, 0) is 9.59 Å². The van der Waals surface area contributed by atoms with Gasteiger partial charge < -0.3 is 26.0 Å². The van der Waals surface area contributed by atoms with Gasteiger partial charge in [0, 0.05) is 6.42 Å². The van der Waals surface area contributed by atoms with Crippen molar-refractivity contribution in [2.24, 2.45) is 5.73 Å². The molecule has 0 radical (unpaired) electrons. The number of ether oxygens (including phenoxy) is 1. The number of nitrogens with one attached hydrogen (secondary N) is 1. The smallest absolute Gasteiger partial charge is 0.326 e. The Morgan fingerprint density at radius 1 is 1.38 bits per heavy atom. The highest BCUT2D eigenvalue weighted by Gasteiger charge is 2.22. The minimum Gasteiger partial charge on any atom is -0.507 e. The van der Waals surface area contributed by atoms with Crippen molar-refractivity contribution >= 4 is 17.8 Å². The van der Waals surface area contributed by atoms with Crippen molar-refractivity contribution in [3.8, 4) is 11.5 Å². The van der Waals surface area contributed by atoms with Crippen LogP contribution in [0.25, 0.3) is 0 Å². The number of carbonyl (C=O) groups excluding carboxylic acids is 2. The number of rotatable bonds is 7. The first-order chi connectivity index (χ1) is 9.85. The molecule has 0 aliphatic rings. The molecule has 8 nitrogen and oxygen atoms in total. The normalized spacial score (nSPS) is 11.5. The van der Waals surface area contributed by atoms with Crippen LogP contribution in [0.15, 0.2) is 18.2 Å². The predicted molar refractivity (Wildman–Crippen MR) is 72.0 cm³/mol. The monoisotopic (exact) mass is 296 g/mol. The van der Waals surface area contributed by atoms with Crippen molar-refractivity contribution < 1.29 is 29.3 Å². The molecule has 0 aromatic heterocycles. The Bertz CT molecular complexity index is 558. The fourth-order valence-corrected chi connectivity index (χ4v) is 1.60. The third kappa shape index (κ3) is 4.68. The van der Waals surface area contributed by atoms with Gasteiger partial charge in [0.25, 0.3) is 5.91 Å². The number of methoxy groups -OCH3 is 1. The van der Waals surface area contributed by atoms with Crippen LogP contribution in [0.5, 0.6) is 11.5 Å². The molecule has 0 bridgehead atoms. The number of phenols is 1. The topological polar surface area (TPSA) is 139 Å². The van der Waals surface area contributed by atoms with Crippen LogP contribution in [0.3, 0.4) is 0 Å². The van der Waals surface area contributed by atoms with E-state index >= 15 is 0 Å². The van der Waals surface area contributed by atoms with Crippen LogP contribution in [-0.4, -0.2) is 41.1 Å². The summed E-state index contributed by atoms with van der Waals surface area (Å²) in [5.74, 6) is -2.73. The van der Waals surface area contributed by atoms with E-state index in [2.05, 4.69) is 5.32 Å². The van der Waals surface area contributed by atoms with E-state index < -0.39 is 23.8 Å². The Morgan fingerprint density at radius 2 is 2.05 bits per heavy atom. The van der Waals surface area contributed by atoms with Crippen LogP contribution in [0.1, 0.15) is 23.2 Å². The first-order valence-electron chi connectivity index (χ1n) is 6.04. The zero-order valence-electron chi connectivity index (χ0n) is 11.3. The predicted octanol–water partition coefficient (Wildman–Crippen LogP) is -0.151. The number of carboxylic acid groups (broad SMARTS) is 1. The van der Waals surface area contributed by atoms with Gasteiger partial charge in [0.05, 0.1) is 12.7 Å². The first-order valence-corrected chi connectivity index (χ1v) is 6.04. The Kier molecular flexibility index (Phi) is 5.53. The summed E-state index contributed by atoms with van der Waals surface area (Å²) in [6.07, 6.45) is -0.317. The molecule has 0 heterocycles. The molecule has 0 aliphatic carbocycles. The van der Waals surface area contributed by atoms with Crippen LogP contribution < -0.4 is 15.8 Å². The molecule has 1 aromatic rings. The van der Waals surface area contributed by atoms with Crippen LogP contribution in [0.2, 0.25) is 0 Å². The summed E-state index contributed by atoms with van der Waals surface area (Å²) in [6, 6.07) is 2.70. The zero-order chi connectivity index (χ0) is 16.0. The standard InChI is InChI=1S/C13H16N2O6/c1-21-7-2-4-10(16)8(6-7)12(18)15-9(13(19)20)3-5-11(14)17/h2,4,6,9,16H,3,5H2,1H3,(H2,14,17)(H,15,18)(H,19,20). The van der Waals surface area contributed by atoms with Gasteiger partial charge in [-0.2, -0.15) is 0 Å². The van der Waals surface area contributed by atoms with Crippen LogP contribution in [0, 0.1) is 0 Å². The van der Waals surface area contributed by atoms with E-state index in [1.165, 1.54) is 25.3 Å². The molecule has 0 saturated carbocycles. The number of nitrogens with two attached hydrogens (primary N) is 1. The number of aromatic hydroxyl groups is 1. The zero-order valence-corrected chi connectivity index (χ0v) is 11.3. The maximum atomic E-state index is 12.0. The minimum atomic E-state index is -1.30. The van der Waals surface area contributed by atoms with Gasteiger partial charge in [0.15, 0.2) is 0 Å². The van der Waals surface area contributed by atoms with Crippen molar-refractivity contribution in [2.75, 3.05) is 7.11 Å². The van der Waals surface area contributed by atoms with Crippen molar-refractivity contribution in [1.29, 1.82) is 0 Å². The molecular formula is C13H16N2O6. The molecule has 1 unspecified atom stereocenters. The molecular weight excluding hydrogens is 280 g/mol. The van der Waals surface area contributed by atoms with Gasteiger partial charge in [-0.25, -0.2) is 4.79 Å². The molecule has 1 atom stereocenters. The highest BCUT2D eigenvalue weighted by Crippen LogP contribution is 2.22. The van der Waals surface area contributed by atoms with Gasteiger partial charge >= 0.3 is 5.97 Å². The van der Waals surface area contributed by atoms with Gasteiger partial charge in [-0.3, -0.25) is 9.59 Å².